The van der Waals surface area contributed by atoms with Gasteiger partial charge in [0.1, 0.15) is 0 Å². The third-order valence-electron chi connectivity index (χ3n) is 4.73. The number of carbonyl (C=O) groups is 3. The lowest BCUT2D eigenvalue weighted by Crippen LogP contribution is -2.58. The summed E-state index contributed by atoms with van der Waals surface area (Å²) in [6.45, 7) is 2.59. The number of nitrogens with one attached hydrogen (secondary N) is 1. The number of hydrogen-bond donors (Lipinski definition) is 1. The molecule has 0 aliphatic carbocycles. The minimum absolute atomic E-state index is 0.0247. The van der Waals surface area contributed by atoms with E-state index in [2.05, 4.69) is 37.2 Å². The fourth-order valence-electron chi connectivity index (χ4n) is 2.66. The van der Waals surface area contributed by atoms with Crippen LogP contribution in [0.3, 0.4) is 0 Å². The zero-order valence-electron chi connectivity index (χ0n) is 17.6. The van der Waals surface area contributed by atoms with Gasteiger partial charge in [0.2, 0.25) is 0 Å². The lowest BCUT2D eigenvalue weighted by molar-refractivity contribution is -0.153. The molecule has 0 fully saturated rings. The van der Waals surface area contributed by atoms with Crippen molar-refractivity contribution >= 4 is 49.5 Å². The second kappa shape index (κ2) is 10.8. The lowest BCUT2D eigenvalue weighted by atomic mass is 9.97. The summed E-state index contributed by atoms with van der Waals surface area (Å²) in [5.41, 5.74) is -0.659. The van der Waals surface area contributed by atoms with E-state index in [1.807, 2.05) is 6.07 Å². The number of carbonyl (C=O) groups excluding carboxylic acids is 3. The van der Waals surface area contributed by atoms with Crippen molar-refractivity contribution in [2.45, 2.75) is 25.8 Å². The van der Waals surface area contributed by atoms with Crippen LogP contribution in [-0.4, -0.2) is 44.0 Å². The first-order chi connectivity index (χ1) is 14.6. The lowest BCUT2D eigenvalue weighted by Gasteiger charge is -2.26. The smallest absolute Gasteiger partial charge is 0.339 e. The van der Waals surface area contributed by atoms with Crippen molar-refractivity contribution in [1.29, 1.82) is 0 Å². The van der Waals surface area contributed by atoms with E-state index < -0.39 is 23.2 Å². The molecule has 0 aliphatic rings. The SMILES string of the molecule is COc1ccc(CCOC(=O)C(C)(NC(=O)c2ccc(Br)c(Br)c2)C(C)=O)cc1OC. The van der Waals surface area contributed by atoms with Crippen LogP contribution in [0.1, 0.15) is 29.8 Å². The predicted octanol–water partition coefficient (Wildman–Crippen LogP) is 4.09. The molecule has 1 amide bonds. The molecule has 0 aromatic heterocycles. The van der Waals surface area contributed by atoms with Crippen molar-refractivity contribution in [3.8, 4) is 11.5 Å². The molecule has 7 nitrogen and oxygen atoms in total. The average Bonchev–Trinajstić information content (AvgIpc) is 2.74. The minimum Gasteiger partial charge on any atom is -0.493 e. The van der Waals surface area contributed by atoms with Crippen LogP contribution in [0.5, 0.6) is 11.5 Å². The van der Waals surface area contributed by atoms with Gasteiger partial charge >= 0.3 is 5.97 Å². The van der Waals surface area contributed by atoms with Crippen molar-refractivity contribution in [3.63, 3.8) is 0 Å². The first-order valence-corrected chi connectivity index (χ1v) is 10.9. The Bertz CT molecular complexity index is 994. The maximum Gasteiger partial charge on any atom is 0.339 e. The topological polar surface area (TPSA) is 90.9 Å². The molecular formula is C22H23Br2NO6. The van der Waals surface area contributed by atoms with Gasteiger partial charge in [-0.2, -0.15) is 0 Å². The molecule has 2 aromatic rings. The number of hydrogen-bond acceptors (Lipinski definition) is 6. The van der Waals surface area contributed by atoms with Crippen LogP contribution < -0.4 is 14.8 Å². The maximum absolute atomic E-state index is 12.7. The van der Waals surface area contributed by atoms with E-state index in [-0.39, 0.29) is 6.61 Å². The first kappa shape index (κ1) is 24.9. The summed E-state index contributed by atoms with van der Waals surface area (Å²) < 4.78 is 17.2. The number of ketones is 1. The second-order valence-electron chi connectivity index (χ2n) is 6.84. The summed E-state index contributed by atoms with van der Waals surface area (Å²) in [5, 5.41) is 2.50. The fourth-order valence-corrected chi connectivity index (χ4v) is 3.29. The number of rotatable bonds is 9. The van der Waals surface area contributed by atoms with Gasteiger partial charge in [0.15, 0.2) is 22.8 Å². The van der Waals surface area contributed by atoms with Crippen LogP contribution in [0.4, 0.5) is 0 Å². The molecule has 1 unspecified atom stereocenters. The molecule has 2 aromatic carbocycles. The quantitative estimate of drug-likeness (QED) is 0.369. The van der Waals surface area contributed by atoms with Crippen molar-refractivity contribution in [2.75, 3.05) is 20.8 Å². The Morgan fingerprint density at radius 2 is 1.65 bits per heavy atom. The highest BCUT2D eigenvalue weighted by atomic mass is 79.9. The molecule has 0 saturated heterocycles. The van der Waals surface area contributed by atoms with Crippen LogP contribution in [0, 0.1) is 0 Å². The molecule has 166 valence electrons. The molecular weight excluding hydrogens is 534 g/mol. The normalized spacial score (nSPS) is 12.5. The monoisotopic (exact) mass is 555 g/mol. The van der Waals surface area contributed by atoms with Crippen LogP contribution >= 0.6 is 31.9 Å². The van der Waals surface area contributed by atoms with Crippen LogP contribution in [0.2, 0.25) is 0 Å². The highest BCUT2D eigenvalue weighted by Gasteiger charge is 2.41. The number of methoxy groups -OCH3 is 2. The average molecular weight is 557 g/mol. The molecule has 1 N–H and O–H groups in total. The van der Waals surface area contributed by atoms with Crippen molar-refractivity contribution in [1.82, 2.24) is 5.32 Å². The Hall–Kier alpha value is -2.39. The van der Waals surface area contributed by atoms with Gasteiger partial charge in [-0.1, -0.05) is 6.07 Å². The Kier molecular flexibility index (Phi) is 8.64. The van der Waals surface area contributed by atoms with Gasteiger partial charge < -0.3 is 19.5 Å². The summed E-state index contributed by atoms with van der Waals surface area (Å²) in [5.74, 6) is -0.775. The van der Waals surface area contributed by atoms with Crippen LogP contribution in [0.25, 0.3) is 0 Å². The van der Waals surface area contributed by atoms with E-state index >= 15 is 0 Å². The van der Waals surface area contributed by atoms with Gasteiger partial charge in [-0.3, -0.25) is 9.59 Å². The van der Waals surface area contributed by atoms with E-state index in [1.165, 1.54) is 21.0 Å². The summed E-state index contributed by atoms with van der Waals surface area (Å²) in [4.78, 5) is 37.5. The third kappa shape index (κ3) is 6.07. The van der Waals surface area contributed by atoms with E-state index in [4.69, 9.17) is 14.2 Å². The molecule has 0 saturated carbocycles. The van der Waals surface area contributed by atoms with Gasteiger partial charge in [-0.05, 0) is 81.6 Å². The Labute approximate surface area is 197 Å². The van der Waals surface area contributed by atoms with Crippen LogP contribution in [-0.2, 0) is 20.7 Å². The van der Waals surface area contributed by atoms with Crippen LogP contribution in [0.15, 0.2) is 45.3 Å². The Balaban J connectivity index is 2.06. The highest BCUT2D eigenvalue weighted by molar-refractivity contribution is 9.13. The fraction of sp³-hybridized carbons (Fsp3) is 0.318. The predicted molar refractivity (Wildman–Crippen MR) is 123 cm³/mol. The number of benzene rings is 2. The van der Waals surface area contributed by atoms with Gasteiger partial charge in [-0.25, -0.2) is 4.79 Å². The van der Waals surface area contributed by atoms with Crippen molar-refractivity contribution in [3.05, 3.63) is 56.5 Å². The molecule has 31 heavy (non-hydrogen) atoms. The zero-order chi connectivity index (χ0) is 23.2. The van der Waals surface area contributed by atoms with Crippen molar-refractivity contribution < 1.29 is 28.6 Å². The Morgan fingerprint density at radius 1 is 0.968 bits per heavy atom. The summed E-state index contributed by atoms with van der Waals surface area (Å²) in [6.07, 6.45) is 0.397. The number of halogens is 2. The molecule has 0 heterocycles. The molecule has 9 heteroatoms. The van der Waals surface area contributed by atoms with Crippen molar-refractivity contribution in [2.24, 2.45) is 0 Å². The van der Waals surface area contributed by atoms with E-state index in [9.17, 15) is 14.4 Å². The number of esters is 1. The number of amides is 1. The third-order valence-corrected chi connectivity index (χ3v) is 6.61. The number of Topliss-reactive ketones (excluding diaryl/α,β-unsaturated/α-hetero) is 1. The van der Waals surface area contributed by atoms with Gasteiger partial charge in [0, 0.05) is 20.9 Å². The minimum atomic E-state index is -1.81. The second-order valence-corrected chi connectivity index (χ2v) is 8.55. The largest absolute Gasteiger partial charge is 0.493 e. The molecule has 1 atom stereocenters. The Morgan fingerprint density at radius 3 is 2.23 bits per heavy atom. The van der Waals surface area contributed by atoms with Gasteiger partial charge in [0.25, 0.3) is 5.91 Å². The zero-order valence-corrected chi connectivity index (χ0v) is 20.8. The maximum atomic E-state index is 12.7. The number of ether oxygens (including phenoxy) is 3. The molecule has 0 spiro atoms. The molecule has 0 aliphatic heterocycles. The molecule has 2 rings (SSSR count). The highest BCUT2D eigenvalue weighted by Crippen LogP contribution is 2.28. The molecule has 0 bridgehead atoms. The van der Waals surface area contributed by atoms with E-state index in [1.54, 1.807) is 37.4 Å². The van der Waals surface area contributed by atoms with Gasteiger partial charge in [-0.15, -0.1) is 0 Å². The standard InChI is InChI=1S/C22H23Br2NO6/c1-13(26)22(2,25-20(27)15-6-7-16(23)17(24)12-15)21(28)31-10-9-14-5-8-18(29-3)19(11-14)30-4/h5-8,11-12H,9-10H2,1-4H3,(H,25,27). The molecule has 0 radical (unpaired) electrons. The summed E-state index contributed by atoms with van der Waals surface area (Å²) in [7, 11) is 3.08. The summed E-state index contributed by atoms with van der Waals surface area (Å²) >= 11 is 6.65. The van der Waals surface area contributed by atoms with E-state index in [0.29, 0.717) is 28.0 Å². The van der Waals surface area contributed by atoms with Gasteiger partial charge in [0.05, 0.1) is 20.8 Å². The first-order valence-electron chi connectivity index (χ1n) is 9.29. The summed E-state index contributed by atoms with van der Waals surface area (Å²) in [6, 6.07) is 10.2. The van der Waals surface area contributed by atoms with E-state index in [0.717, 1.165) is 10.0 Å².